The molecule has 0 radical (unpaired) electrons. The summed E-state index contributed by atoms with van der Waals surface area (Å²) in [6.45, 7) is 0.177. The quantitative estimate of drug-likeness (QED) is 0.715. The number of carbonyl (C=O) groups excluding carboxylic acids is 1. The number of alkyl halides is 3. The lowest BCUT2D eigenvalue weighted by molar-refractivity contribution is -0.274. The van der Waals surface area contributed by atoms with Crippen molar-refractivity contribution in [3.63, 3.8) is 0 Å². The van der Waals surface area contributed by atoms with E-state index in [0.717, 1.165) is 22.5 Å². The second kappa shape index (κ2) is 7.62. The summed E-state index contributed by atoms with van der Waals surface area (Å²) < 4.78 is 40.3. The van der Waals surface area contributed by atoms with Crippen LogP contribution in [-0.2, 0) is 6.54 Å². The first-order valence-corrected chi connectivity index (χ1v) is 7.87. The minimum Gasteiger partial charge on any atom is -0.406 e. The van der Waals surface area contributed by atoms with Crippen molar-refractivity contribution < 1.29 is 22.7 Å². The van der Waals surface area contributed by atoms with E-state index in [0.29, 0.717) is 10.7 Å². The number of hydrogen-bond acceptors (Lipinski definition) is 5. The SMILES string of the molecule is O=C(NCc1ccccc1Cl)c1nnn(-c2ccc(OC(F)(F)F)cc2)n1. The number of aromatic nitrogens is 4. The van der Waals surface area contributed by atoms with E-state index in [1.165, 1.54) is 12.1 Å². The molecule has 140 valence electrons. The maximum absolute atomic E-state index is 12.2. The standard InChI is InChI=1S/C16H11ClF3N5O2/c17-13-4-2-1-3-10(13)9-21-15(26)14-22-24-25(23-14)11-5-7-12(8-6-11)27-16(18,19)20/h1-8H,9H2,(H,21,26). The Morgan fingerprint density at radius 3 is 2.52 bits per heavy atom. The third-order valence-electron chi connectivity index (χ3n) is 3.32. The largest absolute Gasteiger partial charge is 0.573 e. The molecule has 0 spiro atoms. The van der Waals surface area contributed by atoms with Gasteiger partial charge in [-0.3, -0.25) is 4.79 Å². The van der Waals surface area contributed by atoms with Crippen molar-refractivity contribution in [3.05, 3.63) is 64.9 Å². The lowest BCUT2D eigenvalue weighted by Gasteiger charge is -2.08. The molecule has 7 nitrogen and oxygen atoms in total. The molecule has 0 aliphatic heterocycles. The van der Waals surface area contributed by atoms with Crippen LogP contribution >= 0.6 is 11.6 Å². The summed E-state index contributed by atoms with van der Waals surface area (Å²) in [5, 5.41) is 14.4. The number of rotatable bonds is 5. The first kappa shape index (κ1) is 18.6. The summed E-state index contributed by atoms with van der Waals surface area (Å²) in [6.07, 6.45) is -4.78. The highest BCUT2D eigenvalue weighted by Gasteiger charge is 2.31. The third kappa shape index (κ3) is 4.94. The van der Waals surface area contributed by atoms with Crippen molar-refractivity contribution in [2.75, 3.05) is 0 Å². The zero-order chi connectivity index (χ0) is 19.4. The molecule has 0 aliphatic rings. The molecule has 0 saturated heterocycles. The van der Waals surface area contributed by atoms with Crippen LogP contribution in [0.4, 0.5) is 13.2 Å². The van der Waals surface area contributed by atoms with Gasteiger partial charge in [0, 0.05) is 11.6 Å². The molecule has 0 bridgehead atoms. The molecule has 1 aromatic heterocycles. The Hall–Kier alpha value is -3.14. The molecule has 0 fully saturated rings. The Morgan fingerprint density at radius 2 is 1.85 bits per heavy atom. The molecule has 11 heteroatoms. The fourth-order valence-electron chi connectivity index (χ4n) is 2.09. The molecule has 1 heterocycles. The van der Waals surface area contributed by atoms with E-state index in [9.17, 15) is 18.0 Å². The van der Waals surface area contributed by atoms with Gasteiger partial charge in [0.15, 0.2) is 0 Å². The summed E-state index contributed by atoms with van der Waals surface area (Å²) in [5.74, 6) is -1.15. The highest BCUT2D eigenvalue weighted by atomic mass is 35.5. The van der Waals surface area contributed by atoms with Gasteiger partial charge in [-0.05, 0) is 41.1 Å². The van der Waals surface area contributed by atoms with Gasteiger partial charge < -0.3 is 10.1 Å². The van der Waals surface area contributed by atoms with Crippen LogP contribution in [0.5, 0.6) is 5.75 Å². The molecule has 0 saturated carbocycles. The van der Waals surface area contributed by atoms with Gasteiger partial charge in [-0.2, -0.15) is 0 Å². The van der Waals surface area contributed by atoms with E-state index in [1.54, 1.807) is 24.3 Å². The topological polar surface area (TPSA) is 81.9 Å². The Kier molecular flexibility index (Phi) is 5.26. The van der Waals surface area contributed by atoms with Gasteiger partial charge >= 0.3 is 6.36 Å². The molecular formula is C16H11ClF3N5O2. The van der Waals surface area contributed by atoms with Crippen molar-refractivity contribution >= 4 is 17.5 Å². The number of tetrazole rings is 1. The number of benzene rings is 2. The van der Waals surface area contributed by atoms with Gasteiger partial charge in [-0.1, -0.05) is 29.8 Å². The maximum atomic E-state index is 12.2. The monoisotopic (exact) mass is 397 g/mol. The average molecular weight is 398 g/mol. The van der Waals surface area contributed by atoms with Crippen LogP contribution in [0.3, 0.4) is 0 Å². The number of ether oxygens (including phenoxy) is 1. The predicted molar refractivity (Wildman–Crippen MR) is 88.5 cm³/mol. The lowest BCUT2D eigenvalue weighted by atomic mass is 10.2. The number of nitrogens with one attached hydrogen (secondary N) is 1. The van der Waals surface area contributed by atoms with E-state index < -0.39 is 12.3 Å². The number of carbonyl (C=O) groups is 1. The minimum absolute atomic E-state index is 0.177. The molecular weight excluding hydrogens is 387 g/mol. The van der Waals surface area contributed by atoms with Crippen molar-refractivity contribution in [1.29, 1.82) is 0 Å². The van der Waals surface area contributed by atoms with Crippen molar-refractivity contribution in [3.8, 4) is 11.4 Å². The molecule has 0 atom stereocenters. The first-order chi connectivity index (χ1) is 12.8. The Bertz CT molecular complexity index is 944. The minimum atomic E-state index is -4.78. The molecule has 1 amide bonds. The number of halogens is 4. The van der Waals surface area contributed by atoms with Crippen LogP contribution in [0.1, 0.15) is 16.2 Å². The summed E-state index contributed by atoms with van der Waals surface area (Å²) in [7, 11) is 0. The van der Waals surface area contributed by atoms with Gasteiger partial charge in [0.25, 0.3) is 11.7 Å². The second-order valence-corrected chi connectivity index (χ2v) is 5.63. The van der Waals surface area contributed by atoms with Crippen LogP contribution in [0.2, 0.25) is 5.02 Å². The molecule has 0 aliphatic carbocycles. The van der Waals surface area contributed by atoms with Crippen LogP contribution in [0, 0.1) is 0 Å². The summed E-state index contributed by atoms with van der Waals surface area (Å²) >= 11 is 6.01. The Morgan fingerprint density at radius 1 is 1.15 bits per heavy atom. The van der Waals surface area contributed by atoms with Crippen LogP contribution in [0.15, 0.2) is 48.5 Å². The zero-order valence-electron chi connectivity index (χ0n) is 13.4. The van der Waals surface area contributed by atoms with E-state index in [-0.39, 0.29) is 18.1 Å². The van der Waals surface area contributed by atoms with Crippen molar-refractivity contribution in [2.45, 2.75) is 12.9 Å². The summed E-state index contributed by atoms with van der Waals surface area (Å²) in [6, 6.07) is 11.8. The van der Waals surface area contributed by atoms with Crippen molar-refractivity contribution in [1.82, 2.24) is 25.5 Å². The lowest BCUT2D eigenvalue weighted by Crippen LogP contribution is -2.24. The number of hydrogen-bond donors (Lipinski definition) is 1. The van der Waals surface area contributed by atoms with Crippen molar-refractivity contribution in [2.24, 2.45) is 0 Å². The molecule has 27 heavy (non-hydrogen) atoms. The zero-order valence-corrected chi connectivity index (χ0v) is 14.2. The highest BCUT2D eigenvalue weighted by molar-refractivity contribution is 6.31. The molecule has 0 unspecified atom stereocenters. The number of amides is 1. The van der Waals surface area contributed by atoms with E-state index in [2.05, 4.69) is 25.5 Å². The van der Waals surface area contributed by atoms with Crippen LogP contribution < -0.4 is 10.1 Å². The summed E-state index contributed by atoms with van der Waals surface area (Å²) in [4.78, 5) is 13.1. The number of nitrogens with zero attached hydrogens (tertiary/aromatic N) is 4. The molecule has 2 aromatic carbocycles. The Labute approximate surface area is 155 Å². The van der Waals surface area contributed by atoms with Gasteiger partial charge in [0.2, 0.25) is 0 Å². The maximum Gasteiger partial charge on any atom is 0.573 e. The first-order valence-electron chi connectivity index (χ1n) is 7.49. The van der Waals surface area contributed by atoms with Crippen LogP contribution in [-0.4, -0.2) is 32.5 Å². The summed E-state index contributed by atoms with van der Waals surface area (Å²) in [5.41, 5.74) is 1.03. The smallest absolute Gasteiger partial charge is 0.406 e. The van der Waals surface area contributed by atoms with Gasteiger partial charge in [-0.15, -0.1) is 28.2 Å². The van der Waals surface area contributed by atoms with Gasteiger partial charge in [0.05, 0.1) is 5.69 Å². The van der Waals surface area contributed by atoms with Crippen LogP contribution in [0.25, 0.3) is 5.69 Å². The highest BCUT2D eigenvalue weighted by Crippen LogP contribution is 2.23. The third-order valence-corrected chi connectivity index (χ3v) is 3.68. The van der Waals surface area contributed by atoms with E-state index in [4.69, 9.17) is 11.6 Å². The fourth-order valence-corrected chi connectivity index (χ4v) is 2.29. The molecule has 3 rings (SSSR count). The fraction of sp³-hybridized carbons (Fsp3) is 0.125. The van der Waals surface area contributed by atoms with E-state index >= 15 is 0 Å². The molecule has 3 aromatic rings. The van der Waals surface area contributed by atoms with Gasteiger partial charge in [0.1, 0.15) is 5.75 Å². The van der Waals surface area contributed by atoms with Gasteiger partial charge in [-0.25, -0.2) is 0 Å². The normalized spacial score (nSPS) is 11.3. The molecule has 1 N–H and O–H groups in total. The second-order valence-electron chi connectivity index (χ2n) is 5.22. The average Bonchev–Trinajstić information content (AvgIpc) is 3.10. The Balaban J connectivity index is 1.65. The predicted octanol–water partition coefficient (Wildman–Crippen LogP) is 3.14. The van der Waals surface area contributed by atoms with E-state index in [1.807, 2.05) is 0 Å².